The first-order valence-corrected chi connectivity index (χ1v) is 7.08. The maximum absolute atomic E-state index is 11.6. The van der Waals surface area contributed by atoms with Crippen LogP contribution in [-0.2, 0) is 14.4 Å². The van der Waals surface area contributed by atoms with Gasteiger partial charge in [0.1, 0.15) is 6.54 Å². The third-order valence-corrected chi connectivity index (χ3v) is 3.14. The van der Waals surface area contributed by atoms with Crippen LogP contribution in [0, 0.1) is 6.54 Å². The Labute approximate surface area is 114 Å². The van der Waals surface area contributed by atoms with Crippen molar-refractivity contribution in [2.45, 2.75) is 58.3 Å². The van der Waals surface area contributed by atoms with E-state index in [1.165, 1.54) is 37.8 Å². The van der Waals surface area contributed by atoms with E-state index in [2.05, 4.69) is 6.92 Å². The fraction of sp³-hybridized carbons (Fsp3) is 0.600. The number of carbonyl (C=O) groups is 3. The summed E-state index contributed by atoms with van der Waals surface area (Å²) < 4.78 is 0. The lowest BCUT2D eigenvalue weighted by molar-refractivity contribution is -0.137. The van der Waals surface area contributed by atoms with Crippen LogP contribution < -0.4 is 0 Å². The lowest BCUT2D eigenvalue weighted by Crippen LogP contribution is -2.30. The van der Waals surface area contributed by atoms with Gasteiger partial charge in [0.15, 0.2) is 5.78 Å². The third kappa shape index (κ3) is 5.81. The number of amides is 2. The molecule has 0 aromatic carbocycles. The van der Waals surface area contributed by atoms with Crippen LogP contribution in [0.25, 0.3) is 0 Å². The summed E-state index contributed by atoms with van der Waals surface area (Å²) in [6.07, 6.45) is 10.8. The molecule has 0 bridgehead atoms. The van der Waals surface area contributed by atoms with Gasteiger partial charge in [-0.25, -0.2) is 0 Å². The van der Waals surface area contributed by atoms with Crippen molar-refractivity contribution in [2.24, 2.45) is 0 Å². The Hall–Kier alpha value is -1.45. The number of imide groups is 1. The predicted molar refractivity (Wildman–Crippen MR) is 72.9 cm³/mol. The Morgan fingerprint density at radius 3 is 2.11 bits per heavy atom. The van der Waals surface area contributed by atoms with Gasteiger partial charge in [-0.2, -0.15) is 0 Å². The molecule has 0 atom stereocenters. The Bertz CT molecular complexity index is 342. The van der Waals surface area contributed by atoms with E-state index >= 15 is 0 Å². The molecule has 0 spiro atoms. The number of ketones is 1. The van der Waals surface area contributed by atoms with Crippen LogP contribution in [0.4, 0.5) is 0 Å². The highest BCUT2D eigenvalue weighted by molar-refractivity contribution is 6.15. The van der Waals surface area contributed by atoms with Gasteiger partial charge in [0.2, 0.25) is 0 Å². The molecule has 0 saturated carbocycles. The van der Waals surface area contributed by atoms with Gasteiger partial charge >= 0.3 is 0 Å². The van der Waals surface area contributed by atoms with E-state index in [0.29, 0.717) is 6.42 Å². The minimum Gasteiger partial charge on any atom is -0.297 e. The molecule has 0 aromatic rings. The van der Waals surface area contributed by atoms with Gasteiger partial charge in [0.05, 0.1) is 0 Å². The summed E-state index contributed by atoms with van der Waals surface area (Å²) in [6, 6.07) is 0. The number of carbonyl (C=O) groups excluding carboxylic acids is 3. The number of unbranched alkanes of at least 4 members (excludes halogenated alkanes) is 6. The molecule has 1 aliphatic heterocycles. The Balaban J connectivity index is 2.05. The lowest BCUT2D eigenvalue weighted by Gasteiger charge is -2.11. The van der Waals surface area contributed by atoms with Crippen molar-refractivity contribution < 1.29 is 14.4 Å². The van der Waals surface area contributed by atoms with E-state index in [4.69, 9.17) is 0 Å². The largest absolute Gasteiger partial charge is 0.297 e. The van der Waals surface area contributed by atoms with Crippen molar-refractivity contribution in [3.63, 3.8) is 0 Å². The van der Waals surface area contributed by atoms with E-state index in [-0.39, 0.29) is 5.78 Å². The molecular formula is C15H22NO3. The standard InChI is InChI=1S/C15H22NO3/c1-2-3-4-5-6-7-8-9-13(17)12-16-14(18)10-11-15(16)19/h10-12H,2-9H2,1H3. The van der Waals surface area contributed by atoms with Gasteiger partial charge in [0.25, 0.3) is 11.8 Å². The van der Waals surface area contributed by atoms with E-state index in [1.807, 2.05) is 0 Å². The van der Waals surface area contributed by atoms with Gasteiger partial charge in [-0.1, -0.05) is 45.4 Å². The first-order valence-electron chi connectivity index (χ1n) is 7.08. The molecule has 105 valence electrons. The molecule has 0 fully saturated rings. The first kappa shape index (κ1) is 15.6. The van der Waals surface area contributed by atoms with Crippen LogP contribution in [0.3, 0.4) is 0 Å². The van der Waals surface area contributed by atoms with Crippen molar-refractivity contribution in [2.75, 3.05) is 0 Å². The second-order valence-corrected chi connectivity index (χ2v) is 4.85. The number of nitrogens with zero attached hydrogens (tertiary/aromatic N) is 1. The fourth-order valence-electron chi connectivity index (χ4n) is 2.00. The van der Waals surface area contributed by atoms with E-state index in [9.17, 15) is 14.4 Å². The highest BCUT2D eigenvalue weighted by Crippen LogP contribution is 2.11. The molecule has 19 heavy (non-hydrogen) atoms. The van der Waals surface area contributed by atoms with Crippen LogP contribution in [0.15, 0.2) is 12.2 Å². The minimum atomic E-state index is -0.432. The Morgan fingerprint density at radius 1 is 1.00 bits per heavy atom. The molecule has 1 radical (unpaired) electrons. The second-order valence-electron chi connectivity index (χ2n) is 4.85. The van der Waals surface area contributed by atoms with Crippen LogP contribution >= 0.6 is 0 Å². The van der Waals surface area contributed by atoms with Crippen molar-refractivity contribution in [3.8, 4) is 0 Å². The molecule has 1 aliphatic rings. The quantitative estimate of drug-likeness (QED) is 0.450. The molecule has 0 aromatic heterocycles. The molecule has 0 N–H and O–H groups in total. The molecule has 0 saturated heterocycles. The third-order valence-electron chi connectivity index (χ3n) is 3.14. The lowest BCUT2D eigenvalue weighted by atomic mass is 10.1. The van der Waals surface area contributed by atoms with Crippen molar-refractivity contribution in [3.05, 3.63) is 18.7 Å². The number of rotatable bonds is 10. The van der Waals surface area contributed by atoms with Crippen molar-refractivity contribution >= 4 is 17.6 Å². The molecule has 1 heterocycles. The summed E-state index contributed by atoms with van der Waals surface area (Å²) >= 11 is 0. The van der Waals surface area contributed by atoms with Crippen LogP contribution in [0.2, 0.25) is 0 Å². The maximum atomic E-state index is 11.6. The summed E-state index contributed by atoms with van der Waals surface area (Å²) in [4.78, 5) is 34.9. The molecule has 2 amide bonds. The smallest absolute Gasteiger partial charge is 0.254 e. The Morgan fingerprint density at radius 2 is 1.53 bits per heavy atom. The monoisotopic (exact) mass is 264 g/mol. The summed E-state index contributed by atoms with van der Waals surface area (Å²) in [5.74, 6) is -1.02. The molecule has 0 unspecified atom stereocenters. The van der Waals surface area contributed by atoms with Crippen molar-refractivity contribution in [1.82, 2.24) is 4.90 Å². The zero-order valence-corrected chi connectivity index (χ0v) is 11.6. The molecule has 4 nitrogen and oxygen atoms in total. The fourth-order valence-corrected chi connectivity index (χ4v) is 2.00. The first-order chi connectivity index (χ1) is 9.15. The normalized spacial score (nSPS) is 14.5. The van der Waals surface area contributed by atoms with Gasteiger partial charge in [-0.15, -0.1) is 0 Å². The van der Waals surface area contributed by atoms with E-state index in [0.717, 1.165) is 30.7 Å². The zero-order valence-electron chi connectivity index (χ0n) is 11.6. The van der Waals surface area contributed by atoms with Gasteiger partial charge in [0, 0.05) is 18.6 Å². The number of Topliss-reactive ketones (excluding diaryl/α,β-unsaturated/α-hetero) is 1. The average Bonchev–Trinajstić information content (AvgIpc) is 2.69. The summed E-state index contributed by atoms with van der Waals surface area (Å²) in [5.41, 5.74) is 0. The minimum absolute atomic E-state index is 0.154. The average molecular weight is 264 g/mol. The SMILES string of the molecule is CCCCCCCCCC(=O)[CH]N1C(=O)C=CC1=O. The molecule has 0 aliphatic carbocycles. The van der Waals surface area contributed by atoms with E-state index < -0.39 is 11.8 Å². The van der Waals surface area contributed by atoms with Crippen LogP contribution in [0.1, 0.15) is 58.3 Å². The molecular weight excluding hydrogens is 242 g/mol. The highest BCUT2D eigenvalue weighted by atomic mass is 16.2. The summed E-state index contributed by atoms with van der Waals surface area (Å²) in [5, 5.41) is 0. The van der Waals surface area contributed by atoms with Crippen molar-refractivity contribution in [1.29, 1.82) is 0 Å². The summed E-state index contributed by atoms with van der Waals surface area (Å²) in [7, 11) is 0. The Kier molecular flexibility index (Phi) is 7.08. The number of hydrogen-bond acceptors (Lipinski definition) is 3. The maximum Gasteiger partial charge on any atom is 0.254 e. The predicted octanol–water partition coefficient (Wildman–Crippen LogP) is 2.78. The van der Waals surface area contributed by atoms with Gasteiger partial charge in [-0.05, 0) is 6.42 Å². The topological polar surface area (TPSA) is 54.5 Å². The highest BCUT2D eigenvalue weighted by Gasteiger charge is 2.25. The zero-order chi connectivity index (χ0) is 14.1. The molecule has 1 rings (SSSR count). The van der Waals surface area contributed by atoms with Crippen LogP contribution in [0.5, 0.6) is 0 Å². The molecule has 4 heteroatoms. The van der Waals surface area contributed by atoms with Gasteiger partial charge < -0.3 is 0 Å². The number of hydrogen-bond donors (Lipinski definition) is 0. The van der Waals surface area contributed by atoms with Gasteiger partial charge in [-0.3, -0.25) is 19.3 Å². The van der Waals surface area contributed by atoms with E-state index in [1.54, 1.807) is 0 Å². The second kappa shape index (κ2) is 8.62. The van der Waals surface area contributed by atoms with Crippen LogP contribution in [-0.4, -0.2) is 22.5 Å². The summed E-state index contributed by atoms with van der Waals surface area (Å²) in [6.45, 7) is 3.31.